The van der Waals surface area contributed by atoms with Gasteiger partial charge in [0.2, 0.25) is 0 Å². The van der Waals surface area contributed by atoms with E-state index in [0.29, 0.717) is 6.04 Å². The van der Waals surface area contributed by atoms with Crippen molar-refractivity contribution in [1.29, 1.82) is 0 Å². The van der Waals surface area contributed by atoms with E-state index in [1.165, 1.54) is 31.6 Å². The normalized spacial score (nSPS) is 21.9. The maximum Gasteiger partial charge on any atom is 0.0492 e. The standard InChI is InChI=1S/C13H24N4/c1-3-4-12-11-17(10-8-14-12)9-6-13-5-7-15-16(13)2/h5,7,12,14H,3-4,6,8-11H2,1-2H3. The Morgan fingerprint density at radius 1 is 1.53 bits per heavy atom. The van der Waals surface area contributed by atoms with Gasteiger partial charge in [-0.05, 0) is 12.5 Å². The molecule has 2 rings (SSSR count). The first-order valence-corrected chi connectivity index (χ1v) is 6.72. The molecular formula is C13H24N4. The van der Waals surface area contributed by atoms with Gasteiger partial charge in [0, 0.05) is 57.6 Å². The number of rotatable bonds is 5. The van der Waals surface area contributed by atoms with E-state index < -0.39 is 0 Å². The fraction of sp³-hybridized carbons (Fsp3) is 0.769. The van der Waals surface area contributed by atoms with Gasteiger partial charge in [0.1, 0.15) is 0 Å². The second kappa shape index (κ2) is 6.17. The number of nitrogens with zero attached hydrogens (tertiary/aromatic N) is 3. The summed E-state index contributed by atoms with van der Waals surface area (Å²) in [4.78, 5) is 2.57. The van der Waals surface area contributed by atoms with Gasteiger partial charge >= 0.3 is 0 Å². The lowest BCUT2D eigenvalue weighted by molar-refractivity contribution is 0.195. The van der Waals surface area contributed by atoms with E-state index in [4.69, 9.17) is 0 Å². The van der Waals surface area contributed by atoms with E-state index in [-0.39, 0.29) is 0 Å². The van der Waals surface area contributed by atoms with Crippen LogP contribution in [0.1, 0.15) is 25.5 Å². The number of aryl methyl sites for hydroxylation is 1. The molecule has 0 bridgehead atoms. The van der Waals surface area contributed by atoms with Crippen LogP contribution in [-0.4, -0.2) is 46.9 Å². The lowest BCUT2D eigenvalue weighted by atomic mass is 10.1. The quantitative estimate of drug-likeness (QED) is 0.829. The zero-order valence-corrected chi connectivity index (χ0v) is 11.0. The van der Waals surface area contributed by atoms with Gasteiger partial charge in [-0.15, -0.1) is 0 Å². The van der Waals surface area contributed by atoms with E-state index in [1.54, 1.807) is 0 Å². The van der Waals surface area contributed by atoms with Crippen molar-refractivity contribution in [1.82, 2.24) is 20.0 Å². The summed E-state index contributed by atoms with van der Waals surface area (Å²) in [6, 6.07) is 2.81. The lowest BCUT2D eigenvalue weighted by Gasteiger charge is -2.33. The minimum absolute atomic E-state index is 0.695. The van der Waals surface area contributed by atoms with Crippen molar-refractivity contribution in [3.63, 3.8) is 0 Å². The molecule has 4 nitrogen and oxygen atoms in total. The molecule has 0 radical (unpaired) electrons. The summed E-state index contributed by atoms with van der Waals surface area (Å²) >= 11 is 0. The molecule has 0 aliphatic carbocycles. The molecule has 1 aliphatic heterocycles. The Morgan fingerprint density at radius 2 is 2.41 bits per heavy atom. The molecule has 1 aromatic heterocycles. The topological polar surface area (TPSA) is 33.1 Å². The summed E-state index contributed by atoms with van der Waals surface area (Å²) in [6.07, 6.45) is 5.55. The Balaban J connectivity index is 1.77. The zero-order valence-electron chi connectivity index (χ0n) is 11.0. The molecule has 1 atom stereocenters. The van der Waals surface area contributed by atoms with Crippen LogP contribution >= 0.6 is 0 Å². The van der Waals surface area contributed by atoms with Crippen LogP contribution in [-0.2, 0) is 13.5 Å². The predicted octanol–water partition coefficient (Wildman–Crippen LogP) is 1.04. The lowest BCUT2D eigenvalue weighted by Crippen LogP contribution is -2.50. The third-order valence-corrected chi connectivity index (χ3v) is 3.58. The van der Waals surface area contributed by atoms with E-state index in [2.05, 4.69) is 28.3 Å². The third-order valence-electron chi connectivity index (χ3n) is 3.58. The summed E-state index contributed by atoms with van der Waals surface area (Å²) in [6.45, 7) is 6.93. The van der Waals surface area contributed by atoms with Crippen molar-refractivity contribution >= 4 is 0 Å². The Kier molecular flexibility index (Phi) is 4.57. The van der Waals surface area contributed by atoms with Crippen LogP contribution in [0.4, 0.5) is 0 Å². The Hall–Kier alpha value is -0.870. The molecule has 1 saturated heterocycles. The summed E-state index contributed by atoms with van der Waals surface area (Å²) in [7, 11) is 2.02. The monoisotopic (exact) mass is 236 g/mol. The Morgan fingerprint density at radius 3 is 3.12 bits per heavy atom. The molecule has 0 amide bonds. The van der Waals surface area contributed by atoms with Gasteiger partial charge in [0.25, 0.3) is 0 Å². The highest BCUT2D eigenvalue weighted by atomic mass is 15.3. The number of hydrogen-bond acceptors (Lipinski definition) is 3. The molecule has 0 saturated carbocycles. The number of hydrogen-bond donors (Lipinski definition) is 1. The molecule has 1 aromatic rings. The molecule has 0 spiro atoms. The summed E-state index contributed by atoms with van der Waals surface area (Å²) in [5.41, 5.74) is 1.33. The summed E-state index contributed by atoms with van der Waals surface area (Å²) in [5.74, 6) is 0. The van der Waals surface area contributed by atoms with E-state index in [0.717, 1.165) is 19.5 Å². The largest absolute Gasteiger partial charge is 0.311 e. The number of nitrogens with one attached hydrogen (secondary N) is 1. The van der Waals surface area contributed by atoms with E-state index >= 15 is 0 Å². The second-order valence-corrected chi connectivity index (χ2v) is 4.94. The molecule has 4 heteroatoms. The maximum atomic E-state index is 4.21. The molecule has 1 fully saturated rings. The van der Waals surface area contributed by atoms with Gasteiger partial charge in [-0.3, -0.25) is 4.68 Å². The van der Waals surface area contributed by atoms with E-state index in [1.807, 2.05) is 17.9 Å². The highest BCUT2D eigenvalue weighted by molar-refractivity contribution is 5.00. The molecule has 96 valence electrons. The summed E-state index contributed by atoms with van der Waals surface area (Å²) in [5, 5.41) is 7.81. The maximum absolute atomic E-state index is 4.21. The highest BCUT2D eigenvalue weighted by Gasteiger charge is 2.18. The van der Waals surface area contributed by atoms with Gasteiger partial charge in [-0.2, -0.15) is 5.10 Å². The molecule has 1 unspecified atom stereocenters. The average molecular weight is 236 g/mol. The Bertz CT molecular complexity index is 332. The fourth-order valence-electron chi connectivity index (χ4n) is 2.56. The minimum Gasteiger partial charge on any atom is -0.311 e. The average Bonchev–Trinajstić information content (AvgIpc) is 2.73. The van der Waals surface area contributed by atoms with Crippen LogP contribution in [0.2, 0.25) is 0 Å². The zero-order chi connectivity index (χ0) is 12.1. The first kappa shape index (κ1) is 12.6. The van der Waals surface area contributed by atoms with Crippen LogP contribution in [0.5, 0.6) is 0 Å². The number of piperazine rings is 1. The van der Waals surface area contributed by atoms with Crippen LogP contribution in [0.15, 0.2) is 12.3 Å². The highest BCUT2D eigenvalue weighted by Crippen LogP contribution is 2.06. The predicted molar refractivity (Wildman–Crippen MR) is 70.1 cm³/mol. The SMILES string of the molecule is CCCC1CN(CCc2ccnn2C)CCN1. The van der Waals surface area contributed by atoms with Gasteiger partial charge in [-0.25, -0.2) is 0 Å². The van der Waals surface area contributed by atoms with Crippen LogP contribution in [0, 0.1) is 0 Å². The van der Waals surface area contributed by atoms with Crippen LogP contribution < -0.4 is 5.32 Å². The first-order valence-electron chi connectivity index (χ1n) is 6.72. The van der Waals surface area contributed by atoms with Gasteiger partial charge in [0.05, 0.1) is 0 Å². The molecule has 1 aliphatic rings. The molecule has 0 aromatic carbocycles. The smallest absolute Gasteiger partial charge is 0.0492 e. The third kappa shape index (κ3) is 3.54. The molecule has 1 N–H and O–H groups in total. The fourth-order valence-corrected chi connectivity index (χ4v) is 2.56. The van der Waals surface area contributed by atoms with Crippen molar-refractivity contribution in [3.8, 4) is 0 Å². The van der Waals surface area contributed by atoms with Crippen LogP contribution in [0.3, 0.4) is 0 Å². The van der Waals surface area contributed by atoms with Gasteiger partial charge < -0.3 is 10.2 Å². The van der Waals surface area contributed by atoms with Crippen molar-refractivity contribution in [2.24, 2.45) is 7.05 Å². The number of aromatic nitrogens is 2. The van der Waals surface area contributed by atoms with Crippen molar-refractivity contribution in [2.75, 3.05) is 26.2 Å². The van der Waals surface area contributed by atoms with Crippen molar-refractivity contribution in [2.45, 2.75) is 32.2 Å². The molecule has 2 heterocycles. The van der Waals surface area contributed by atoms with Crippen molar-refractivity contribution in [3.05, 3.63) is 18.0 Å². The van der Waals surface area contributed by atoms with Gasteiger partial charge in [-0.1, -0.05) is 13.3 Å². The summed E-state index contributed by atoms with van der Waals surface area (Å²) < 4.78 is 1.98. The van der Waals surface area contributed by atoms with E-state index in [9.17, 15) is 0 Å². The second-order valence-electron chi connectivity index (χ2n) is 4.94. The first-order chi connectivity index (χ1) is 8.29. The van der Waals surface area contributed by atoms with Gasteiger partial charge in [0.15, 0.2) is 0 Å². The molecule has 17 heavy (non-hydrogen) atoms. The Labute approximate surface area is 104 Å². The minimum atomic E-state index is 0.695. The van der Waals surface area contributed by atoms with Crippen LogP contribution in [0.25, 0.3) is 0 Å². The molecular weight excluding hydrogens is 212 g/mol. The van der Waals surface area contributed by atoms with Crippen molar-refractivity contribution < 1.29 is 0 Å².